The van der Waals surface area contributed by atoms with Gasteiger partial charge in [-0.15, -0.1) is 11.6 Å². The monoisotopic (exact) mass is 1230 g/mol. The standard InChI is InChI=1S/C53H92ClN13O18/c1-6-8-9-10-11-12-13-14-15-18-30(69)25-38(71)58-36-28-85-53(84)41(37(70)27-54)65-44(74)31(7-2)59-50(80)40(29(3)68)64-47(77)34(21-24-57)62-51(81)42(43(73)52(82)83)66-46(76)32(19-16-17-22-55)60-48(78)35(26-39(72)67(4)5)63-45(75)33(20-23-56)61-49(36)79/h7,29-30,32-37,40-43,68-70,73H,6,8-28,55-57H2,1-5H3,(H,58,71)(H,59,80)(H,60,78)(H,61,79)(H,62,81)(H,63,75)(H,64,77)(H,65,74)(H,66,76)(H,82,83)/b31-7+/t29-,30+,32?,33?,34-,35-,36?,37+,40?,41?,42?,43-/m0/s1. The van der Waals surface area contributed by atoms with Crippen molar-refractivity contribution >= 4 is 82.6 Å². The molecule has 484 valence electrons. The van der Waals surface area contributed by atoms with Crippen LogP contribution in [-0.4, -0.2) is 220 Å². The highest BCUT2D eigenvalue weighted by Crippen LogP contribution is 2.14. The molecule has 20 N–H and O–H groups in total. The number of aliphatic hydroxyl groups excluding tert-OH is 4. The summed E-state index contributed by atoms with van der Waals surface area (Å²) < 4.78 is 5.38. The summed E-state index contributed by atoms with van der Waals surface area (Å²) in [5, 5.41) is 73.2. The van der Waals surface area contributed by atoms with Gasteiger partial charge >= 0.3 is 11.9 Å². The molecule has 32 heteroatoms. The minimum atomic E-state index is -2.74. The number of rotatable bonds is 28. The number of ether oxygens (including phenoxy) is 1. The van der Waals surface area contributed by atoms with Crippen LogP contribution in [0.5, 0.6) is 0 Å². The summed E-state index contributed by atoms with van der Waals surface area (Å²) in [5.41, 5.74) is 16.6. The van der Waals surface area contributed by atoms with Crippen molar-refractivity contribution in [1.82, 2.24) is 52.8 Å². The zero-order valence-corrected chi connectivity index (χ0v) is 49.9. The van der Waals surface area contributed by atoms with Crippen LogP contribution in [0.3, 0.4) is 0 Å². The SMILES string of the molecule is C/C=C1/NC(=O)C([C@H](C)O)NC(=O)[C@H](CCN)NC(=O)C([C@H](O)C(=O)O)NC(=O)C(CCCCN)NC(=O)[C@H](CC(=O)N(C)C)NC(=O)C(CCN)NC(=O)C(NC(=O)C[C@H](O)CCCCCCCCCCC)COC(=O)C([C@H](O)CCl)NC1=O. The number of nitrogens with one attached hydrogen (secondary N) is 9. The number of unbranched alkanes of at least 4 members (excludes halogenated alkanes) is 9. The molecule has 31 nitrogen and oxygen atoms in total. The maximum atomic E-state index is 14.3. The van der Waals surface area contributed by atoms with Gasteiger partial charge < -0.3 is 100 Å². The van der Waals surface area contributed by atoms with Gasteiger partial charge in [-0.1, -0.05) is 70.8 Å². The molecule has 0 aromatic carbocycles. The zero-order chi connectivity index (χ0) is 64.3. The lowest BCUT2D eigenvalue weighted by Gasteiger charge is -2.29. The maximum Gasteiger partial charge on any atom is 0.335 e. The molecule has 0 aromatic heterocycles. The van der Waals surface area contributed by atoms with E-state index in [9.17, 15) is 83.1 Å². The van der Waals surface area contributed by atoms with E-state index < -0.39 is 188 Å². The Bertz CT molecular complexity index is 2250. The van der Waals surface area contributed by atoms with Gasteiger partial charge in [0.05, 0.1) is 37.0 Å². The zero-order valence-electron chi connectivity index (χ0n) is 49.2. The molecule has 0 spiro atoms. The van der Waals surface area contributed by atoms with Crippen LogP contribution in [0.1, 0.15) is 130 Å². The van der Waals surface area contributed by atoms with Crippen LogP contribution >= 0.6 is 11.6 Å². The number of alkyl halides is 1. The first-order valence-electron chi connectivity index (χ1n) is 28.6. The number of carbonyl (C=O) groups excluding carboxylic acids is 11. The van der Waals surface area contributed by atoms with Crippen molar-refractivity contribution in [2.75, 3.05) is 46.2 Å². The van der Waals surface area contributed by atoms with Gasteiger partial charge in [0.2, 0.25) is 53.2 Å². The molecule has 85 heavy (non-hydrogen) atoms. The number of aliphatic hydroxyl groups is 4. The van der Waals surface area contributed by atoms with E-state index in [4.69, 9.17) is 33.5 Å². The lowest BCUT2D eigenvalue weighted by molar-refractivity contribution is -0.153. The second kappa shape index (κ2) is 41.4. The average molecular weight is 1230 g/mol. The molecule has 0 aliphatic carbocycles. The first kappa shape index (κ1) is 76.4. The fourth-order valence-corrected chi connectivity index (χ4v) is 8.59. The van der Waals surface area contributed by atoms with Gasteiger partial charge in [-0.05, 0) is 72.0 Å². The molecule has 1 saturated heterocycles. The summed E-state index contributed by atoms with van der Waals surface area (Å²) in [7, 11) is 2.64. The van der Waals surface area contributed by atoms with Crippen LogP contribution in [-0.2, 0) is 62.3 Å². The predicted octanol–water partition coefficient (Wildman–Crippen LogP) is -5.16. The highest BCUT2D eigenvalue weighted by molar-refractivity contribution is 6.18. The third-order valence-electron chi connectivity index (χ3n) is 13.5. The van der Waals surface area contributed by atoms with Crippen LogP contribution in [0.2, 0.25) is 0 Å². The molecule has 12 atom stereocenters. The third kappa shape index (κ3) is 28.4. The number of esters is 1. The quantitative estimate of drug-likeness (QED) is 0.0151. The first-order chi connectivity index (χ1) is 40.2. The summed E-state index contributed by atoms with van der Waals surface area (Å²) in [6.07, 6.45) is 0.276. The van der Waals surface area contributed by atoms with Gasteiger partial charge in [0, 0.05) is 14.1 Å². The van der Waals surface area contributed by atoms with Crippen molar-refractivity contribution in [1.29, 1.82) is 0 Å². The summed E-state index contributed by atoms with van der Waals surface area (Å²) in [6.45, 7) is 2.71. The van der Waals surface area contributed by atoms with E-state index in [1.807, 2.05) is 0 Å². The molecule has 0 saturated carbocycles. The van der Waals surface area contributed by atoms with E-state index in [0.29, 0.717) is 6.42 Å². The van der Waals surface area contributed by atoms with Gasteiger partial charge in [0.15, 0.2) is 12.1 Å². The van der Waals surface area contributed by atoms with Crippen molar-refractivity contribution in [3.8, 4) is 0 Å². The molecule has 0 radical (unpaired) electrons. The number of carbonyl (C=O) groups is 12. The minimum Gasteiger partial charge on any atom is -0.479 e. The molecular weight excluding hydrogens is 1140 g/mol. The molecule has 1 aliphatic rings. The second-order valence-corrected chi connectivity index (χ2v) is 21.1. The van der Waals surface area contributed by atoms with Crippen molar-refractivity contribution in [2.24, 2.45) is 17.2 Å². The summed E-state index contributed by atoms with van der Waals surface area (Å²) >= 11 is 5.92. The summed E-state index contributed by atoms with van der Waals surface area (Å²) in [5.74, 6) is -16.2. The van der Waals surface area contributed by atoms with Crippen LogP contribution in [0.15, 0.2) is 11.8 Å². The van der Waals surface area contributed by atoms with Crippen LogP contribution in [0.4, 0.5) is 0 Å². The van der Waals surface area contributed by atoms with E-state index in [2.05, 4.69) is 54.8 Å². The number of amides is 10. The number of cyclic esters (lactones) is 1. The Morgan fingerprint density at radius 1 is 0.647 bits per heavy atom. The molecule has 0 bridgehead atoms. The summed E-state index contributed by atoms with van der Waals surface area (Å²) in [4.78, 5) is 166. The number of hydrogen-bond donors (Lipinski definition) is 17. The lowest BCUT2D eigenvalue weighted by Crippen LogP contribution is -2.63. The fraction of sp³-hybridized carbons (Fsp3) is 0.736. The maximum absolute atomic E-state index is 14.3. The molecule has 6 unspecified atom stereocenters. The fourth-order valence-electron chi connectivity index (χ4n) is 8.41. The predicted molar refractivity (Wildman–Crippen MR) is 306 cm³/mol. The molecule has 1 rings (SSSR count). The smallest absolute Gasteiger partial charge is 0.335 e. The lowest BCUT2D eigenvalue weighted by atomic mass is 10.0. The Labute approximate surface area is 499 Å². The first-order valence-corrected chi connectivity index (χ1v) is 29.1. The Balaban J connectivity index is 4.07. The van der Waals surface area contributed by atoms with Gasteiger partial charge in [0.1, 0.15) is 54.6 Å². The van der Waals surface area contributed by atoms with Crippen LogP contribution in [0.25, 0.3) is 0 Å². The Morgan fingerprint density at radius 2 is 1.15 bits per heavy atom. The Kier molecular flexibility index (Phi) is 37.3. The number of hydrogen-bond acceptors (Lipinski definition) is 20. The molecule has 1 aliphatic heterocycles. The number of nitrogens with two attached hydrogens (primary N) is 3. The number of aliphatic carboxylic acids is 1. The van der Waals surface area contributed by atoms with Crippen molar-refractivity contribution in [2.45, 2.75) is 203 Å². The summed E-state index contributed by atoms with van der Waals surface area (Å²) in [6, 6.07) is -15.6. The number of halogens is 1. The van der Waals surface area contributed by atoms with E-state index in [1.165, 1.54) is 21.0 Å². The van der Waals surface area contributed by atoms with Gasteiger partial charge in [-0.25, -0.2) is 9.59 Å². The van der Waals surface area contributed by atoms with E-state index in [1.54, 1.807) is 0 Å². The number of allylic oxidation sites excluding steroid dienone is 1. The minimum absolute atomic E-state index is 0.0787. The molecular formula is C53H92ClN13O18. The van der Waals surface area contributed by atoms with Crippen LogP contribution in [0, 0.1) is 0 Å². The molecule has 1 heterocycles. The van der Waals surface area contributed by atoms with E-state index >= 15 is 0 Å². The Hall–Kier alpha value is -6.61. The topological polar surface area (TPSA) is 505 Å². The van der Waals surface area contributed by atoms with Crippen molar-refractivity contribution < 1.29 is 87.8 Å². The van der Waals surface area contributed by atoms with Gasteiger partial charge in [-0.3, -0.25) is 47.9 Å². The normalized spacial score (nSPS) is 24.2. The average Bonchev–Trinajstić information content (AvgIpc) is 3.40. The third-order valence-corrected chi connectivity index (χ3v) is 13.8. The van der Waals surface area contributed by atoms with Gasteiger partial charge in [-0.2, -0.15) is 0 Å². The van der Waals surface area contributed by atoms with Gasteiger partial charge in [0.25, 0.3) is 5.91 Å². The second-order valence-electron chi connectivity index (χ2n) is 20.8. The van der Waals surface area contributed by atoms with Crippen LogP contribution < -0.4 is 65.1 Å². The van der Waals surface area contributed by atoms with Crippen molar-refractivity contribution in [3.05, 3.63) is 11.8 Å². The molecule has 0 aromatic rings. The molecule has 1 fully saturated rings. The number of nitrogens with zero attached hydrogens (tertiary/aromatic N) is 1. The van der Waals surface area contributed by atoms with Crippen molar-refractivity contribution in [3.63, 3.8) is 0 Å². The molecule has 10 amide bonds. The Morgan fingerprint density at radius 3 is 1.67 bits per heavy atom. The number of carboxylic acid groups (broad SMARTS) is 1. The highest BCUT2D eigenvalue weighted by Gasteiger charge is 2.40. The largest absolute Gasteiger partial charge is 0.479 e. The highest BCUT2D eigenvalue weighted by atomic mass is 35.5. The van der Waals surface area contributed by atoms with E-state index in [0.717, 1.165) is 69.3 Å². The number of carboxylic acids is 1. The van der Waals surface area contributed by atoms with E-state index in [-0.39, 0.29) is 45.3 Å².